The van der Waals surface area contributed by atoms with E-state index in [1.165, 1.54) is 18.5 Å². The fourth-order valence-electron chi connectivity index (χ4n) is 3.34. The van der Waals surface area contributed by atoms with Crippen LogP contribution in [-0.2, 0) is 4.79 Å². The van der Waals surface area contributed by atoms with Crippen LogP contribution in [0.15, 0.2) is 18.5 Å². The van der Waals surface area contributed by atoms with E-state index in [1.807, 2.05) is 0 Å². The predicted molar refractivity (Wildman–Crippen MR) is 77.1 cm³/mol. The number of rotatable bonds is 1. The lowest BCUT2D eigenvalue weighted by molar-refractivity contribution is -0.147. The Balaban J connectivity index is 1.84. The monoisotopic (exact) mass is 305 g/mol. The first-order chi connectivity index (χ1) is 10.5. The minimum absolute atomic E-state index is 0.0759. The van der Waals surface area contributed by atoms with Crippen molar-refractivity contribution in [3.05, 3.63) is 24.0 Å². The molecule has 3 heterocycles. The van der Waals surface area contributed by atoms with Gasteiger partial charge in [-0.15, -0.1) is 0 Å². The van der Waals surface area contributed by atoms with Crippen molar-refractivity contribution in [2.75, 3.05) is 19.6 Å². The van der Waals surface area contributed by atoms with Crippen LogP contribution in [0.25, 0.3) is 0 Å². The topological polar surface area (TPSA) is 103 Å². The fraction of sp³-hybridized carbons (Fsp3) is 0.533. The number of aromatic hydroxyl groups is 1. The highest BCUT2D eigenvalue weighted by molar-refractivity contribution is 5.95. The minimum atomic E-state index is -0.920. The summed E-state index contributed by atoms with van der Waals surface area (Å²) in [5, 5.41) is 22.6. The average molecular weight is 305 g/mol. The van der Waals surface area contributed by atoms with Gasteiger partial charge in [-0.25, -0.2) is 0 Å². The van der Waals surface area contributed by atoms with Crippen LogP contribution in [0.4, 0.5) is 0 Å². The summed E-state index contributed by atoms with van der Waals surface area (Å²) < 4.78 is 0. The molecule has 2 aliphatic rings. The summed E-state index contributed by atoms with van der Waals surface area (Å²) >= 11 is 0. The van der Waals surface area contributed by atoms with Crippen molar-refractivity contribution < 1.29 is 19.8 Å². The molecule has 0 unspecified atom stereocenters. The third kappa shape index (κ3) is 2.41. The zero-order chi connectivity index (χ0) is 15.7. The van der Waals surface area contributed by atoms with Crippen molar-refractivity contribution in [2.45, 2.75) is 25.4 Å². The molecule has 1 spiro atoms. The number of pyridine rings is 1. The molecule has 118 valence electrons. The lowest BCUT2D eigenvalue weighted by Crippen LogP contribution is -2.62. The number of nitrogens with one attached hydrogen (secondary N) is 1. The Labute approximate surface area is 128 Å². The van der Waals surface area contributed by atoms with Crippen LogP contribution in [0.3, 0.4) is 0 Å². The van der Waals surface area contributed by atoms with Crippen molar-refractivity contribution in [2.24, 2.45) is 5.41 Å². The van der Waals surface area contributed by atoms with E-state index in [9.17, 15) is 19.8 Å². The Bertz CT molecular complexity index is 606. The quantitative estimate of drug-likeness (QED) is 0.672. The summed E-state index contributed by atoms with van der Waals surface area (Å²) in [5.41, 5.74) is -0.640. The predicted octanol–water partition coefficient (Wildman–Crippen LogP) is -0.110. The van der Waals surface area contributed by atoms with Crippen LogP contribution in [0.5, 0.6) is 5.75 Å². The molecular weight excluding hydrogens is 286 g/mol. The summed E-state index contributed by atoms with van der Waals surface area (Å²) in [6.07, 6.45) is 3.64. The molecule has 1 aromatic rings. The summed E-state index contributed by atoms with van der Waals surface area (Å²) in [7, 11) is 0. The first kappa shape index (κ1) is 14.8. The van der Waals surface area contributed by atoms with Crippen molar-refractivity contribution in [3.63, 3.8) is 0 Å². The molecule has 3 N–H and O–H groups in total. The van der Waals surface area contributed by atoms with Crippen molar-refractivity contribution in [1.29, 1.82) is 0 Å². The third-order valence-electron chi connectivity index (χ3n) is 4.58. The largest absolute Gasteiger partial charge is 0.506 e. The van der Waals surface area contributed by atoms with Gasteiger partial charge < -0.3 is 20.4 Å². The molecule has 2 atom stereocenters. The molecule has 7 nitrogen and oxygen atoms in total. The van der Waals surface area contributed by atoms with Gasteiger partial charge in [-0.2, -0.15) is 0 Å². The maximum Gasteiger partial charge on any atom is 0.255 e. The number of carbonyl (C=O) groups excluding carboxylic acids is 2. The van der Waals surface area contributed by atoms with Crippen LogP contribution >= 0.6 is 0 Å². The molecule has 2 fully saturated rings. The lowest BCUT2D eigenvalue weighted by Gasteiger charge is -2.46. The number of carbonyl (C=O) groups is 2. The number of hydrogen-bond donors (Lipinski definition) is 3. The van der Waals surface area contributed by atoms with Crippen molar-refractivity contribution >= 4 is 11.8 Å². The fourth-order valence-corrected chi connectivity index (χ4v) is 3.34. The highest BCUT2D eigenvalue weighted by atomic mass is 16.3. The molecule has 3 rings (SSSR count). The van der Waals surface area contributed by atoms with Crippen LogP contribution in [0.2, 0.25) is 0 Å². The molecule has 22 heavy (non-hydrogen) atoms. The maximum absolute atomic E-state index is 12.6. The molecule has 0 bridgehead atoms. The number of likely N-dealkylation sites (tertiary alicyclic amines) is 1. The third-order valence-corrected chi connectivity index (χ3v) is 4.58. The van der Waals surface area contributed by atoms with Crippen molar-refractivity contribution in [1.82, 2.24) is 15.2 Å². The van der Waals surface area contributed by atoms with Gasteiger partial charge in [0.05, 0.1) is 23.3 Å². The Hall–Kier alpha value is -2.15. The summed E-state index contributed by atoms with van der Waals surface area (Å²) in [6.45, 7) is 1.18. The SMILES string of the molecule is O=C(c1cncc(O)c1)N1CC[C@H](O)[C@@]2(CCCNC2=O)C1. The van der Waals surface area contributed by atoms with Gasteiger partial charge in [0.1, 0.15) is 5.75 Å². The number of aliphatic hydroxyl groups is 1. The molecule has 7 heteroatoms. The van der Waals surface area contributed by atoms with Crippen molar-refractivity contribution in [3.8, 4) is 5.75 Å². The number of amides is 2. The first-order valence-electron chi connectivity index (χ1n) is 7.42. The Morgan fingerprint density at radius 1 is 1.45 bits per heavy atom. The summed E-state index contributed by atoms with van der Waals surface area (Å²) in [4.78, 5) is 30.2. The van der Waals surface area contributed by atoms with E-state index in [0.29, 0.717) is 25.9 Å². The first-order valence-corrected chi connectivity index (χ1v) is 7.42. The van der Waals surface area contributed by atoms with Crippen LogP contribution in [0.1, 0.15) is 29.6 Å². The standard InChI is InChI=1S/C15H19N3O4/c19-11-6-10(7-16-8-11)13(21)18-5-2-12(20)15(9-18)3-1-4-17-14(15)22/h6-8,12,19-20H,1-5,9H2,(H,17,22)/t12-,15+/m0/s1. The second-order valence-electron chi connectivity index (χ2n) is 5.98. The normalized spacial score (nSPS) is 28.5. The summed E-state index contributed by atoms with van der Waals surface area (Å²) in [6, 6.07) is 1.36. The average Bonchev–Trinajstić information content (AvgIpc) is 2.52. The molecule has 0 aliphatic carbocycles. The van der Waals surface area contributed by atoms with Crippen LogP contribution in [-0.4, -0.2) is 57.6 Å². The molecular formula is C15H19N3O4. The van der Waals surface area contributed by atoms with E-state index in [4.69, 9.17) is 0 Å². The second-order valence-corrected chi connectivity index (χ2v) is 5.98. The van der Waals surface area contributed by atoms with Crippen LogP contribution < -0.4 is 5.32 Å². The smallest absolute Gasteiger partial charge is 0.255 e. The zero-order valence-corrected chi connectivity index (χ0v) is 12.2. The van der Waals surface area contributed by atoms with E-state index in [2.05, 4.69) is 10.3 Å². The number of aromatic nitrogens is 1. The lowest BCUT2D eigenvalue weighted by atomic mass is 9.71. The molecule has 2 saturated heterocycles. The highest BCUT2D eigenvalue weighted by Crippen LogP contribution is 2.37. The number of nitrogens with zero attached hydrogens (tertiary/aromatic N) is 2. The number of hydrogen-bond acceptors (Lipinski definition) is 5. The zero-order valence-electron chi connectivity index (χ0n) is 12.2. The number of aliphatic hydroxyl groups excluding tert-OH is 1. The van der Waals surface area contributed by atoms with E-state index >= 15 is 0 Å². The minimum Gasteiger partial charge on any atom is -0.506 e. The molecule has 0 saturated carbocycles. The van der Waals surface area contributed by atoms with Gasteiger partial charge in [0.25, 0.3) is 5.91 Å². The molecule has 2 aliphatic heterocycles. The van der Waals surface area contributed by atoms with Gasteiger partial charge in [0.15, 0.2) is 0 Å². The highest BCUT2D eigenvalue weighted by Gasteiger charge is 2.50. The molecule has 1 aromatic heterocycles. The van der Waals surface area contributed by atoms with Gasteiger partial charge in [-0.3, -0.25) is 14.6 Å². The molecule has 0 radical (unpaired) electrons. The van der Waals surface area contributed by atoms with E-state index in [0.717, 1.165) is 6.42 Å². The Kier molecular flexibility index (Phi) is 3.74. The van der Waals surface area contributed by atoms with Gasteiger partial charge >= 0.3 is 0 Å². The molecule has 2 amide bonds. The van der Waals surface area contributed by atoms with Gasteiger partial charge in [-0.1, -0.05) is 0 Å². The number of piperidine rings is 2. The van der Waals surface area contributed by atoms with E-state index in [-0.39, 0.29) is 29.7 Å². The summed E-state index contributed by atoms with van der Waals surface area (Å²) in [5.74, 6) is -0.543. The van der Waals surface area contributed by atoms with Gasteiger partial charge in [0, 0.05) is 25.8 Å². The van der Waals surface area contributed by atoms with Crippen LogP contribution in [0, 0.1) is 5.41 Å². The Morgan fingerprint density at radius 2 is 2.27 bits per heavy atom. The maximum atomic E-state index is 12.6. The molecule has 0 aromatic carbocycles. The second kappa shape index (κ2) is 5.57. The Morgan fingerprint density at radius 3 is 3.00 bits per heavy atom. The van der Waals surface area contributed by atoms with E-state index in [1.54, 1.807) is 4.90 Å². The van der Waals surface area contributed by atoms with Gasteiger partial charge in [-0.05, 0) is 25.3 Å². The van der Waals surface area contributed by atoms with E-state index < -0.39 is 11.5 Å². The van der Waals surface area contributed by atoms with Gasteiger partial charge in [0.2, 0.25) is 5.91 Å².